The van der Waals surface area contributed by atoms with Crippen LogP contribution >= 0.6 is 34.8 Å². The Morgan fingerprint density at radius 3 is 2.26 bits per heavy atom. The van der Waals surface area contributed by atoms with Gasteiger partial charge in [0.15, 0.2) is 0 Å². The van der Waals surface area contributed by atoms with Crippen molar-refractivity contribution in [1.29, 1.82) is 0 Å². The highest BCUT2D eigenvalue weighted by atomic mass is 35.5. The zero-order valence-electron chi connectivity index (χ0n) is 16.3. The van der Waals surface area contributed by atoms with Crippen LogP contribution in [-0.4, -0.2) is 25.2 Å². The van der Waals surface area contributed by atoms with E-state index in [0.717, 1.165) is 15.4 Å². The molecule has 0 fully saturated rings. The second kappa shape index (κ2) is 10.5. The number of hydrogen-bond acceptors (Lipinski definition) is 3. The number of carbonyl (C=O) groups is 1. The lowest BCUT2D eigenvalue weighted by molar-refractivity contribution is -0.121. The monoisotopic (exact) mass is 496 g/mol. The van der Waals surface area contributed by atoms with E-state index in [0.29, 0.717) is 5.02 Å². The second-order valence-electron chi connectivity index (χ2n) is 6.70. The van der Waals surface area contributed by atoms with Gasteiger partial charge in [-0.2, -0.15) is 4.31 Å². The molecule has 9 heteroatoms. The highest BCUT2D eigenvalue weighted by Crippen LogP contribution is 2.28. The van der Waals surface area contributed by atoms with Crippen molar-refractivity contribution in [2.24, 2.45) is 0 Å². The van der Waals surface area contributed by atoms with Gasteiger partial charge in [-0.15, -0.1) is 0 Å². The number of halogens is 3. The van der Waals surface area contributed by atoms with Gasteiger partial charge in [-0.3, -0.25) is 4.79 Å². The van der Waals surface area contributed by atoms with Crippen LogP contribution in [0.25, 0.3) is 0 Å². The summed E-state index contributed by atoms with van der Waals surface area (Å²) < 4.78 is 27.8. The molecule has 0 aliphatic carbocycles. The average molecular weight is 498 g/mol. The fraction of sp³-hybridized carbons (Fsp3) is 0.136. The Bertz CT molecular complexity index is 1170. The Hall–Kier alpha value is -2.09. The van der Waals surface area contributed by atoms with Gasteiger partial charge in [0.25, 0.3) is 0 Å². The summed E-state index contributed by atoms with van der Waals surface area (Å²) >= 11 is 18.3. The Morgan fingerprint density at radius 2 is 1.55 bits per heavy atom. The molecule has 5 nitrogen and oxygen atoms in total. The Morgan fingerprint density at radius 1 is 0.871 bits per heavy atom. The first-order valence-electron chi connectivity index (χ1n) is 9.26. The lowest BCUT2D eigenvalue weighted by Crippen LogP contribution is -2.40. The summed E-state index contributed by atoms with van der Waals surface area (Å²) in [5, 5.41) is 3.49. The van der Waals surface area contributed by atoms with Gasteiger partial charge in [-0.05, 0) is 35.4 Å². The van der Waals surface area contributed by atoms with E-state index >= 15 is 0 Å². The molecule has 3 aromatic carbocycles. The Kier molecular flexibility index (Phi) is 7.97. The minimum atomic E-state index is -4.11. The maximum atomic E-state index is 13.4. The van der Waals surface area contributed by atoms with Crippen LogP contribution in [0.3, 0.4) is 0 Å². The van der Waals surface area contributed by atoms with E-state index in [2.05, 4.69) is 5.32 Å². The van der Waals surface area contributed by atoms with Gasteiger partial charge in [0.05, 0.1) is 11.6 Å². The smallest absolute Gasteiger partial charge is 0.245 e. The predicted molar refractivity (Wildman–Crippen MR) is 124 cm³/mol. The van der Waals surface area contributed by atoms with Crippen molar-refractivity contribution in [3.05, 3.63) is 99.0 Å². The van der Waals surface area contributed by atoms with Crippen molar-refractivity contribution in [3.63, 3.8) is 0 Å². The molecule has 0 unspecified atom stereocenters. The molecule has 0 aliphatic heterocycles. The first-order valence-corrected chi connectivity index (χ1v) is 11.8. The summed E-state index contributed by atoms with van der Waals surface area (Å²) in [4.78, 5) is 12.5. The topological polar surface area (TPSA) is 66.5 Å². The number of carbonyl (C=O) groups excluding carboxylic acids is 1. The van der Waals surface area contributed by atoms with Crippen molar-refractivity contribution in [3.8, 4) is 0 Å². The predicted octanol–water partition coefficient (Wildman–Crippen LogP) is 5.15. The van der Waals surface area contributed by atoms with Crippen molar-refractivity contribution < 1.29 is 13.2 Å². The van der Waals surface area contributed by atoms with Gasteiger partial charge in [0, 0.05) is 23.1 Å². The Balaban J connectivity index is 1.85. The highest BCUT2D eigenvalue weighted by molar-refractivity contribution is 7.89. The van der Waals surface area contributed by atoms with Gasteiger partial charge in [0.1, 0.15) is 4.90 Å². The summed E-state index contributed by atoms with van der Waals surface area (Å²) in [6, 6.07) is 20.3. The molecule has 31 heavy (non-hydrogen) atoms. The normalized spacial score (nSPS) is 11.5. The van der Waals surface area contributed by atoms with Crippen molar-refractivity contribution in [2.75, 3.05) is 6.54 Å². The lowest BCUT2D eigenvalue weighted by Gasteiger charge is -2.23. The van der Waals surface area contributed by atoms with Crippen LogP contribution < -0.4 is 5.32 Å². The summed E-state index contributed by atoms with van der Waals surface area (Å²) in [5.74, 6) is -0.474. The third-order valence-corrected chi connectivity index (χ3v) is 7.34. The molecule has 3 rings (SSSR count). The van der Waals surface area contributed by atoms with E-state index < -0.39 is 22.5 Å². The largest absolute Gasteiger partial charge is 0.351 e. The van der Waals surface area contributed by atoms with E-state index in [-0.39, 0.29) is 28.0 Å². The first kappa shape index (κ1) is 23.6. The second-order valence-corrected chi connectivity index (χ2v) is 9.86. The van der Waals surface area contributed by atoms with Gasteiger partial charge in [-0.1, -0.05) is 83.3 Å². The van der Waals surface area contributed by atoms with Gasteiger partial charge in [-0.25, -0.2) is 8.42 Å². The molecule has 0 aromatic heterocycles. The molecular weight excluding hydrogens is 479 g/mol. The molecular formula is C22H19Cl3N2O3S. The van der Waals surface area contributed by atoms with Crippen LogP contribution in [0.5, 0.6) is 0 Å². The van der Waals surface area contributed by atoms with Crippen LogP contribution in [0.15, 0.2) is 77.7 Å². The van der Waals surface area contributed by atoms with Crippen LogP contribution in [0, 0.1) is 0 Å². The number of amides is 1. The fourth-order valence-electron chi connectivity index (χ4n) is 2.88. The molecule has 0 saturated heterocycles. The third-order valence-electron chi connectivity index (χ3n) is 4.47. The average Bonchev–Trinajstić information content (AvgIpc) is 2.75. The number of benzene rings is 3. The molecule has 162 valence electrons. The number of sulfonamides is 1. The van der Waals surface area contributed by atoms with Gasteiger partial charge >= 0.3 is 0 Å². The minimum absolute atomic E-state index is 0.00840. The molecule has 0 radical (unpaired) electrons. The van der Waals surface area contributed by atoms with E-state index in [1.54, 1.807) is 48.5 Å². The molecule has 0 heterocycles. The van der Waals surface area contributed by atoms with E-state index in [4.69, 9.17) is 34.8 Å². The van der Waals surface area contributed by atoms with Gasteiger partial charge in [0.2, 0.25) is 15.9 Å². The number of nitrogens with zero attached hydrogens (tertiary/aromatic N) is 1. The minimum Gasteiger partial charge on any atom is -0.351 e. The van der Waals surface area contributed by atoms with Crippen LogP contribution in [0.4, 0.5) is 0 Å². The van der Waals surface area contributed by atoms with Crippen LogP contribution in [0.2, 0.25) is 15.1 Å². The molecule has 3 aromatic rings. The summed E-state index contributed by atoms with van der Waals surface area (Å²) in [5.41, 5.74) is 1.45. The Labute approximate surface area is 196 Å². The maximum absolute atomic E-state index is 13.4. The summed E-state index contributed by atoms with van der Waals surface area (Å²) in [7, 11) is -4.11. The summed E-state index contributed by atoms with van der Waals surface area (Å²) in [6.07, 6.45) is 0. The summed E-state index contributed by atoms with van der Waals surface area (Å²) in [6.45, 7) is -0.230. The van der Waals surface area contributed by atoms with Crippen molar-refractivity contribution in [2.45, 2.75) is 18.0 Å². The first-order chi connectivity index (χ1) is 14.8. The standard InChI is InChI=1S/C22H19Cl3N2O3S/c23-18-10-11-20(25)21(12-18)31(29,30)27(14-16-6-2-1-3-7-16)15-22(28)26-13-17-8-4-5-9-19(17)24/h1-12H,13-15H2,(H,26,28). The number of rotatable bonds is 8. The number of hydrogen-bond donors (Lipinski definition) is 1. The zero-order valence-corrected chi connectivity index (χ0v) is 19.3. The molecule has 1 N–H and O–H groups in total. The van der Waals surface area contributed by atoms with Crippen LogP contribution in [0.1, 0.15) is 11.1 Å². The fourth-order valence-corrected chi connectivity index (χ4v) is 5.20. The van der Waals surface area contributed by atoms with E-state index in [9.17, 15) is 13.2 Å². The molecule has 1 amide bonds. The zero-order chi connectivity index (χ0) is 22.4. The number of nitrogens with one attached hydrogen (secondary N) is 1. The van der Waals surface area contributed by atoms with Crippen molar-refractivity contribution >= 4 is 50.7 Å². The maximum Gasteiger partial charge on any atom is 0.245 e. The molecule has 0 spiro atoms. The van der Waals surface area contributed by atoms with E-state index in [1.165, 1.54) is 18.2 Å². The molecule has 0 bridgehead atoms. The molecule has 0 saturated carbocycles. The molecule has 0 aliphatic rings. The third kappa shape index (κ3) is 6.21. The van der Waals surface area contributed by atoms with Crippen LogP contribution in [-0.2, 0) is 27.9 Å². The van der Waals surface area contributed by atoms with Gasteiger partial charge < -0.3 is 5.32 Å². The lowest BCUT2D eigenvalue weighted by atomic mass is 10.2. The highest BCUT2D eigenvalue weighted by Gasteiger charge is 2.29. The SMILES string of the molecule is O=C(CN(Cc1ccccc1)S(=O)(=O)c1cc(Cl)ccc1Cl)NCc1ccccc1Cl. The van der Waals surface area contributed by atoms with Crippen molar-refractivity contribution in [1.82, 2.24) is 9.62 Å². The quantitative estimate of drug-likeness (QED) is 0.468. The van der Waals surface area contributed by atoms with E-state index in [1.807, 2.05) is 6.07 Å². The molecule has 0 atom stereocenters.